The maximum absolute atomic E-state index is 12.4. The van der Waals surface area contributed by atoms with E-state index < -0.39 is 10.0 Å². The van der Waals surface area contributed by atoms with Gasteiger partial charge in [-0.25, -0.2) is 8.42 Å². The van der Waals surface area contributed by atoms with Crippen LogP contribution in [0.2, 0.25) is 0 Å². The number of nitrogens with zero attached hydrogens (tertiary/aromatic N) is 1. The van der Waals surface area contributed by atoms with E-state index >= 15 is 0 Å². The summed E-state index contributed by atoms with van der Waals surface area (Å²) in [5.74, 6) is 0.354. The zero-order chi connectivity index (χ0) is 17.1. The van der Waals surface area contributed by atoms with Crippen molar-refractivity contribution in [3.63, 3.8) is 0 Å². The molecule has 6 nitrogen and oxygen atoms in total. The van der Waals surface area contributed by atoms with Gasteiger partial charge in [0, 0.05) is 25.1 Å². The van der Waals surface area contributed by atoms with Gasteiger partial charge in [0.05, 0.1) is 4.90 Å². The van der Waals surface area contributed by atoms with Crippen LogP contribution in [0.15, 0.2) is 34.2 Å². The normalized spacial score (nSPS) is 15.2. The van der Waals surface area contributed by atoms with Crippen molar-refractivity contribution in [1.29, 1.82) is 0 Å². The Balaban J connectivity index is 2.11. The average Bonchev–Trinajstić information content (AvgIpc) is 2.88. The summed E-state index contributed by atoms with van der Waals surface area (Å²) in [5.41, 5.74) is 0.339. The van der Waals surface area contributed by atoms with Gasteiger partial charge in [0.2, 0.25) is 5.91 Å². The van der Waals surface area contributed by atoms with E-state index in [2.05, 4.69) is 15.0 Å². The molecule has 1 aromatic rings. The highest BCUT2D eigenvalue weighted by molar-refractivity contribution is 7.90. The van der Waals surface area contributed by atoms with Crippen LogP contribution in [0.25, 0.3) is 0 Å². The molecule has 0 fully saturated rings. The molecule has 1 heterocycles. The summed E-state index contributed by atoms with van der Waals surface area (Å²) in [5, 5.41) is 2.74. The van der Waals surface area contributed by atoms with E-state index in [0.717, 1.165) is 6.42 Å². The largest absolute Gasteiger partial charge is 0.326 e. The third-order valence-corrected chi connectivity index (χ3v) is 4.62. The van der Waals surface area contributed by atoms with Crippen molar-refractivity contribution in [3.05, 3.63) is 24.3 Å². The van der Waals surface area contributed by atoms with Crippen LogP contribution in [-0.2, 0) is 14.8 Å². The summed E-state index contributed by atoms with van der Waals surface area (Å²) >= 11 is 0. The van der Waals surface area contributed by atoms with Crippen molar-refractivity contribution in [2.45, 2.75) is 44.9 Å². The number of amidine groups is 1. The maximum atomic E-state index is 12.4. The predicted molar refractivity (Wildman–Crippen MR) is 91.0 cm³/mol. The molecule has 0 bridgehead atoms. The number of carbonyl (C=O) groups excluding carboxylic acids is 1. The minimum atomic E-state index is -3.67. The molecule has 0 aromatic heterocycles. The molecule has 2 rings (SSSR count). The average molecular weight is 337 g/mol. The van der Waals surface area contributed by atoms with Crippen LogP contribution in [0.4, 0.5) is 5.69 Å². The van der Waals surface area contributed by atoms with Crippen molar-refractivity contribution in [3.8, 4) is 0 Å². The second-order valence-corrected chi connectivity index (χ2v) is 8.53. The highest BCUT2D eigenvalue weighted by Gasteiger charge is 2.20. The lowest BCUT2D eigenvalue weighted by Crippen LogP contribution is -2.29. The van der Waals surface area contributed by atoms with Gasteiger partial charge in [0.25, 0.3) is 10.0 Å². The van der Waals surface area contributed by atoms with E-state index in [0.29, 0.717) is 30.9 Å². The smallest absolute Gasteiger partial charge is 0.262 e. The molecular formula is C16H23N3O3S. The molecule has 0 aliphatic carbocycles. The molecule has 0 spiro atoms. The van der Waals surface area contributed by atoms with Crippen molar-refractivity contribution in [2.24, 2.45) is 10.4 Å². The van der Waals surface area contributed by atoms with E-state index in [9.17, 15) is 13.2 Å². The van der Waals surface area contributed by atoms with Crippen LogP contribution >= 0.6 is 0 Å². The summed E-state index contributed by atoms with van der Waals surface area (Å²) < 4.78 is 27.2. The lowest BCUT2D eigenvalue weighted by Gasteiger charge is -2.17. The molecule has 0 radical (unpaired) electrons. The third-order valence-electron chi connectivity index (χ3n) is 3.25. The van der Waals surface area contributed by atoms with Gasteiger partial charge >= 0.3 is 0 Å². The molecule has 126 valence electrons. The molecule has 1 aromatic carbocycles. The first-order chi connectivity index (χ1) is 10.7. The second kappa shape index (κ2) is 6.70. The van der Waals surface area contributed by atoms with Gasteiger partial charge in [0.1, 0.15) is 5.84 Å². The number of rotatable bonds is 4. The molecule has 0 saturated carbocycles. The molecule has 23 heavy (non-hydrogen) atoms. The van der Waals surface area contributed by atoms with Gasteiger partial charge in [-0.05, 0) is 30.0 Å². The summed E-state index contributed by atoms with van der Waals surface area (Å²) in [6.07, 6.45) is 1.86. The van der Waals surface area contributed by atoms with E-state index in [-0.39, 0.29) is 16.2 Å². The minimum absolute atomic E-state index is 0.112. The number of nitrogens with one attached hydrogen (secondary N) is 2. The van der Waals surface area contributed by atoms with Crippen molar-refractivity contribution in [2.75, 3.05) is 11.9 Å². The Kier molecular flexibility index (Phi) is 5.09. The number of hydrogen-bond donors (Lipinski definition) is 2. The number of amides is 1. The highest BCUT2D eigenvalue weighted by atomic mass is 32.2. The molecule has 2 N–H and O–H groups in total. The molecule has 1 amide bonds. The minimum Gasteiger partial charge on any atom is -0.326 e. The molecule has 0 saturated heterocycles. The highest BCUT2D eigenvalue weighted by Crippen LogP contribution is 2.21. The van der Waals surface area contributed by atoms with E-state index in [1.807, 2.05) is 20.8 Å². The van der Waals surface area contributed by atoms with E-state index in [4.69, 9.17) is 0 Å². The number of aliphatic imine (C=N–C) groups is 1. The maximum Gasteiger partial charge on any atom is 0.262 e. The number of anilines is 1. The Morgan fingerprint density at radius 1 is 1.30 bits per heavy atom. The fraction of sp³-hybridized carbons (Fsp3) is 0.500. The Bertz CT molecular complexity index is 718. The Morgan fingerprint density at radius 2 is 2.04 bits per heavy atom. The predicted octanol–water partition coefficient (Wildman–Crippen LogP) is 2.53. The second-order valence-electron chi connectivity index (χ2n) is 6.85. The fourth-order valence-electron chi connectivity index (χ4n) is 2.26. The fourth-order valence-corrected chi connectivity index (χ4v) is 3.40. The topological polar surface area (TPSA) is 87.6 Å². The Morgan fingerprint density at radius 3 is 2.65 bits per heavy atom. The monoisotopic (exact) mass is 337 g/mol. The van der Waals surface area contributed by atoms with Crippen LogP contribution < -0.4 is 10.0 Å². The lowest BCUT2D eigenvalue weighted by molar-refractivity contribution is -0.117. The van der Waals surface area contributed by atoms with Crippen LogP contribution in [0, 0.1) is 5.41 Å². The molecular weight excluding hydrogens is 314 g/mol. The zero-order valence-electron chi connectivity index (χ0n) is 13.7. The number of hydrogen-bond acceptors (Lipinski definition) is 4. The zero-order valence-corrected chi connectivity index (χ0v) is 14.5. The summed E-state index contributed by atoms with van der Waals surface area (Å²) in [6, 6.07) is 6.24. The van der Waals surface area contributed by atoms with Crippen molar-refractivity contribution >= 4 is 27.5 Å². The van der Waals surface area contributed by atoms with Gasteiger partial charge in [-0.3, -0.25) is 14.5 Å². The first-order valence-corrected chi connectivity index (χ1v) is 9.10. The third kappa shape index (κ3) is 5.35. The SMILES string of the molecule is CC(C)(C)CC(=O)Nc1cccc(S(=O)(=O)NC2=NCCC2)c1. The Labute approximate surface area is 137 Å². The lowest BCUT2D eigenvalue weighted by atomic mass is 9.92. The summed E-state index contributed by atoms with van der Waals surface area (Å²) in [6.45, 7) is 6.57. The molecule has 1 aliphatic rings. The molecule has 1 aliphatic heterocycles. The number of carbonyl (C=O) groups is 1. The molecule has 0 atom stereocenters. The standard InChI is InChI=1S/C16H23N3O3S/c1-16(2,3)11-15(20)18-12-6-4-7-13(10-12)23(21,22)19-14-8-5-9-17-14/h4,6-7,10H,5,8-9,11H2,1-3H3,(H,17,19)(H,18,20). The quantitative estimate of drug-likeness (QED) is 0.885. The van der Waals surface area contributed by atoms with Gasteiger partial charge < -0.3 is 5.32 Å². The number of benzene rings is 1. The van der Waals surface area contributed by atoms with Crippen LogP contribution in [0.5, 0.6) is 0 Å². The van der Waals surface area contributed by atoms with Gasteiger partial charge in [-0.15, -0.1) is 0 Å². The first-order valence-electron chi connectivity index (χ1n) is 7.62. The first kappa shape index (κ1) is 17.5. The van der Waals surface area contributed by atoms with E-state index in [1.54, 1.807) is 12.1 Å². The van der Waals surface area contributed by atoms with Crippen molar-refractivity contribution in [1.82, 2.24) is 4.72 Å². The van der Waals surface area contributed by atoms with Crippen LogP contribution in [-0.4, -0.2) is 26.7 Å². The number of sulfonamides is 1. The molecule has 0 unspecified atom stereocenters. The van der Waals surface area contributed by atoms with Gasteiger partial charge in [0.15, 0.2) is 0 Å². The molecule has 7 heteroatoms. The van der Waals surface area contributed by atoms with Crippen LogP contribution in [0.3, 0.4) is 0 Å². The summed E-state index contributed by atoms with van der Waals surface area (Å²) in [4.78, 5) is 16.2. The van der Waals surface area contributed by atoms with E-state index in [1.165, 1.54) is 12.1 Å². The Hall–Kier alpha value is -1.89. The van der Waals surface area contributed by atoms with Crippen molar-refractivity contribution < 1.29 is 13.2 Å². The van der Waals surface area contributed by atoms with Crippen LogP contribution in [0.1, 0.15) is 40.0 Å². The summed E-state index contributed by atoms with van der Waals surface area (Å²) in [7, 11) is -3.67. The van der Waals surface area contributed by atoms with Gasteiger partial charge in [-0.1, -0.05) is 26.8 Å². The van der Waals surface area contributed by atoms with Gasteiger partial charge in [-0.2, -0.15) is 0 Å².